The number of aromatic nitrogens is 2. The van der Waals surface area contributed by atoms with Crippen molar-refractivity contribution in [2.24, 2.45) is 0 Å². The van der Waals surface area contributed by atoms with E-state index in [1.165, 1.54) is 5.56 Å². The van der Waals surface area contributed by atoms with Crippen LogP contribution in [-0.2, 0) is 0 Å². The molecule has 0 saturated carbocycles. The summed E-state index contributed by atoms with van der Waals surface area (Å²) in [5.74, 6) is 1.04. The van der Waals surface area contributed by atoms with E-state index in [9.17, 15) is 5.11 Å². The Morgan fingerprint density at radius 1 is 1.11 bits per heavy atom. The fraction of sp³-hybridized carbons (Fsp3) is 0.0714. The first-order valence-corrected chi connectivity index (χ1v) is 6.38. The highest BCUT2D eigenvalue weighted by Gasteiger charge is 2.11. The van der Waals surface area contributed by atoms with Crippen molar-refractivity contribution in [3.05, 3.63) is 52.8 Å². The number of aromatic hydroxyl groups is 1. The first-order chi connectivity index (χ1) is 8.65. The Kier molecular flexibility index (Phi) is 2.59. The summed E-state index contributed by atoms with van der Waals surface area (Å²) in [6.45, 7) is 2.05. The number of imidazole rings is 1. The number of aryl methyl sites for hydroxylation is 1. The summed E-state index contributed by atoms with van der Waals surface area (Å²) in [5, 5.41) is 9.59. The van der Waals surface area contributed by atoms with Crippen molar-refractivity contribution in [3.8, 4) is 17.1 Å². The third-order valence-electron chi connectivity index (χ3n) is 2.89. The molecule has 3 rings (SSSR count). The van der Waals surface area contributed by atoms with Gasteiger partial charge in [0.2, 0.25) is 0 Å². The predicted molar refractivity (Wildman–Crippen MR) is 74.7 cm³/mol. The molecule has 0 fully saturated rings. The van der Waals surface area contributed by atoms with Gasteiger partial charge >= 0.3 is 0 Å². The number of fused-ring (bicyclic) bond motifs is 1. The van der Waals surface area contributed by atoms with E-state index in [2.05, 4.69) is 27.8 Å². The van der Waals surface area contributed by atoms with E-state index in [1.807, 2.05) is 34.7 Å². The van der Waals surface area contributed by atoms with Crippen LogP contribution in [0, 0.1) is 6.92 Å². The van der Waals surface area contributed by atoms with Crippen LogP contribution in [0.1, 0.15) is 5.56 Å². The van der Waals surface area contributed by atoms with E-state index >= 15 is 0 Å². The van der Waals surface area contributed by atoms with Gasteiger partial charge < -0.3 is 5.11 Å². The molecule has 0 aliphatic heterocycles. The minimum absolute atomic E-state index is 0.223. The fourth-order valence-electron chi connectivity index (χ4n) is 1.94. The van der Waals surface area contributed by atoms with Crippen LogP contribution in [0.2, 0.25) is 0 Å². The molecule has 90 valence electrons. The SMILES string of the molecule is Cc1ccc(-c2nc(Br)c3ccc(O)cn23)cc1. The molecular weight excluding hydrogens is 292 g/mol. The number of halogens is 1. The van der Waals surface area contributed by atoms with Gasteiger partial charge in [0.25, 0.3) is 0 Å². The topological polar surface area (TPSA) is 37.5 Å². The molecule has 1 aromatic carbocycles. The number of nitrogens with zero attached hydrogens (tertiary/aromatic N) is 2. The molecule has 0 spiro atoms. The molecule has 3 nitrogen and oxygen atoms in total. The van der Waals surface area contributed by atoms with E-state index in [-0.39, 0.29) is 5.75 Å². The van der Waals surface area contributed by atoms with E-state index in [1.54, 1.807) is 12.3 Å². The van der Waals surface area contributed by atoms with Crippen molar-refractivity contribution in [3.63, 3.8) is 0 Å². The number of pyridine rings is 1. The number of benzene rings is 1. The van der Waals surface area contributed by atoms with Crippen LogP contribution in [0.25, 0.3) is 16.9 Å². The average molecular weight is 303 g/mol. The van der Waals surface area contributed by atoms with Crippen molar-refractivity contribution in [1.29, 1.82) is 0 Å². The summed E-state index contributed by atoms with van der Waals surface area (Å²) < 4.78 is 2.66. The molecule has 4 heteroatoms. The fourth-order valence-corrected chi connectivity index (χ4v) is 2.43. The molecule has 0 atom stereocenters. The second-order valence-corrected chi connectivity index (χ2v) is 4.99. The summed E-state index contributed by atoms with van der Waals surface area (Å²) in [5.41, 5.74) is 3.16. The Morgan fingerprint density at radius 3 is 2.56 bits per heavy atom. The van der Waals surface area contributed by atoms with Gasteiger partial charge in [-0.2, -0.15) is 0 Å². The lowest BCUT2D eigenvalue weighted by Gasteiger charge is -2.02. The summed E-state index contributed by atoms with van der Waals surface area (Å²) in [4.78, 5) is 4.50. The second-order valence-electron chi connectivity index (χ2n) is 4.23. The largest absolute Gasteiger partial charge is 0.506 e. The van der Waals surface area contributed by atoms with Crippen LogP contribution in [-0.4, -0.2) is 14.5 Å². The quantitative estimate of drug-likeness (QED) is 0.743. The van der Waals surface area contributed by atoms with Crippen LogP contribution in [0.4, 0.5) is 0 Å². The van der Waals surface area contributed by atoms with Crippen molar-refractivity contribution in [1.82, 2.24) is 9.38 Å². The predicted octanol–water partition coefficient (Wildman–Crippen LogP) is 3.78. The summed E-state index contributed by atoms with van der Waals surface area (Å²) in [6.07, 6.45) is 1.67. The number of hydrogen-bond donors (Lipinski definition) is 1. The molecule has 0 bridgehead atoms. The van der Waals surface area contributed by atoms with Crippen LogP contribution < -0.4 is 0 Å². The van der Waals surface area contributed by atoms with Crippen LogP contribution >= 0.6 is 15.9 Å². The molecular formula is C14H11BrN2O. The minimum atomic E-state index is 0.223. The molecule has 0 saturated heterocycles. The third-order valence-corrected chi connectivity index (χ3v) is 3.47. The molecule has 3 aromatic rings. The molecule has 0 radical (unpaired) electrons. The zero-order valence-corrected chi connectivity index (χ0v) is 11.3. The van der Waals surface area contributed by atoms with Gasteiger partial charge in [0.05, 0.1) is 11.7 Å². The first kappa shape index (κ1) is 11.3. The highest BCUT2D eigenvalue weighted by molar-refractivity contribution is 9.10. The lowest BCUT2D eigenvalue weighted by Crippen LogP contribution is -1.88. The second kappa shape index (κ2) is 4.14. The van der Waals surface area contributed by atoms with E-state index in [0.29, 0.717) is 0 Å². The Balaban J connectivity index is 2.28. The molecule has 2 aromatic heterocycles. The summed E-state index contributed by atoms with van der Waals surface area (Å²) in [6, 6.07) is 11.6. The Morgan fingerprint density at radius 2 is 1.83 bits per heavy atom. The molecule has 1 N–H and O–H groups in total. The Hall–Kier alpha value is -1.81. The van der Waals surface area contributed by atoms with Gasteiger partial charge in [-0.05, 0) is 35.0 Å². The first-order valence-electron chi connectivity index (χ1n) is 5.59. The molecule has 0 unspecified atom stereocenters. The summed E-state index contributed by atoms with van der Waals surface area (Å²) >= 11 is 3.44. The highest BCUT2D eigenvalue weighted by Crippen LogP contribution is 2.27. The van der Waals surface area contributed by atoms with Gasteiger partial charge in [-0.1, -0.05) is 29.8 Å². The summed E-state index contributed by atoms with van der Waals surface area (Å²) in [7, 11) is 0. The van der Waals surface area contributed by atoms with Crippen LogP contribution in [0.3, 0.4) is 0 Å². The maximum Gasteiger partial charge on any atom is 0.146 e. The van der Waals surface area contributed by atoms with Crippen molar-refractivity contribution in [2.45, 2.75) is 6.92 Å². The maximum absolute atomic E-state index is 9.59. The number of rotatable bonds is 1. The lowest BCUT2D eigenvalue weighted by atomic mass is 10.1. The molecule has 18 heavy (non-hydrogen) atoms. The zero-order valence-electron chi connectivity index (χ0n) is 9.76. The normalized spacial score (nSPS) is 11.0. The molecule has 2 heterocycles. The van der Waals surface area contributed by atoms with Crippen LogP contribution in [0.5, 0.6) is 5.75 Å². The van der Waals surface area contributed by atoms with Gasteiger partial charge in [-0.15, -0.1) is 0 Å². The van der Waals surface area contributed by atoms with Gasteiger partial charge in [0.15, 0.2) is 0 Å². The van der Waals surface area contributed by atoms with Gasteiger partial charge in [0, 0.05) is 5.56 Å². The smallest absolute Gasteiger partial charge is 0.146 e. The third kappa shape index (κ3) is 1.78. The average Bonchev–Trinajstić information content (AvgIpc) is 2.67. The van der Waals surface area contributed by atoms with E-state index in [0.717, 1.165) is 21.5 Å². The van der Waals surface area contributed by atoms with Crippen molar-refractivity contribution in [2.75, 3.05) is 0 Å². The zero-order chi connectivity index (χ0) is 12.7. The van der Waals surface area contributed by atoms with Gasteiger partial charge in [-0.3, -0.25) is 4.40 Å². The maximum atomic E-state index is 9.59. The Labute approximate surface area is 113 Å². The van der Waals surface area contributed by atoms with Crippen molar-refractivity contribution < 1.29 is 5.11 Å². The molecule has 0 aliphatic carbocycles. The van der Waals surface area contributed by atoms with Gasteiger partial charge in [0.1, 0.15) is 16.2 Å². The van der Waals surface area contributed by atoms with Crippen molar-refractivity contribution >= 4 is 21.4 Å². The van der Waals surface area contributed by atoms with E-state index < -0.39 is 0 Å². The highest BCUT2D eigenvalue weighted by atomic mass is 79.9. The monoisotopic (exact) mass is 302 g/mol. The standard InChI is InChI=1S/C14H11BrN2O/c1-9-2-4-10(5-3-9)14-16-13(15)12-7-6-11(18)8-17(12)14/h2-8,18H,1H3. The minimum Gasteiger partial charge on any atom is -0.506 e. The van der Waals surface area contributed by atoms with Gasteiger partial charge in [-0.25, -0.2) is 4.98 Å². The van der Waals surface area contributed by atoms with Crippen LogP contribution in [0.15, 0.2) is 47.2 Å². The number of hydrogen-bond acceptors (Lipinski definition) is 2. The lowest BCUT2D eigenvalue weighted by molar-refractivity contribution is 0.472. The Bertz CT molecular complexity index is 716. The van der Waals surface area contributed by atoms with E-state index in [4.69, 9.17) is 0 Å². The molecule has 0 amide bonds. The molecule has 0 aliphatic rings.